The van der Waals surface area contributed by atoms with Crippen LogP contribution in [-0.4, -0.2) is 24.5 Å². The smallest absolute Gasteiger partial charge is 0.230 e. The first-order chi connectivity index (χ1) is 11.2. The van der Waals surface area contributed by atoms with Crippen molar-refractivity contribution < 1.29 is 9.53 Å². The Morgan fingerprint density at radius 3 is 2.26 bits per heavy atom. The molecule has 0 spiro atoms. The number of rotatable bonds is 7. The van der Waals surface area contributed by atoms with Gasteiger partial charge < -0.3 is 9.64 Å². The molecule has 122 valence electrons. The van der Waals surface area contributed by atoms with Crippen LogP contribution in [-0.2, 0) is 11.3 Å². The van der Waals surface area contributed by atoms with E-state index in [0.29, 0.717) is 13.2 Å². The van der Waals surface area contributed by atoms with E-state index in [-0.39, 0.29) is 11.8 Å². The topological polar surface area (TPSA) is 29.5 Å². The first-order valence-corrected chi connectivity index (χ1v) is 8.17. The monoisotopic (exact) mass is 311 g/mol. The molecule has 0 radical (unpaired) electrons. The number of nitrogens with zero attached hydrogens (tertiary/aromatic N) is 1. The zero-order chi connectivity index (χ0) is 16.7. The summed E-state index contributed by atoms with van der Waals surface area (Å²) in [6, 6.07) is 17.9. The number of carbonyl (C=O) groups excluding carboxylic acids is 1. The quantitative estimate of drug-likeness (QED) is 0.765. The van der Waals surface area contributed by atoms with Crippen LogP contribution in [0.5, 0.6) is 5.75 Å². The summed E-state index contributed by atoms with van der Waals surface area (Å²) >= 11 is 0. The summed E-state index contributed by atoms with van der Waals surface area (Å²) in [6.07, 6.45) is 0.802. The van der Waals surface area contributed by atoms with Crippen molar-refractivity contribution in [1.29, 1.82) is 0 Å². The lowest BCUT2D eigenvalue weighted by atomic mass is 9.95. The number of carbonyl (C=O) groups is 1. The van der Waals surface area contributed by atoms with Gasteiger partial charge in [0, 0.05) is 13.6 Å². The number of benzene rings is 2. The van der Waals surface area contributed by atoms with E-state index in [0.717, 1.165) is 23.3 Å². The van der Waals surface area contributed by atoms with Gasteiger partial charge in [-0.05, 0) is 36.6 Å². The number of amides is 1. The highest BCUT2D eigenvalue weighted by molar-refractivity contribution is 5.83. The first-order valence-electron chi connectivity index (χ1n) is 8.17. The Labute approximate surface area is 138 Å². The second-order valence-corrected chi connectivity index (χ2v) is 5.64. The number of hydrogen-bond acceptors (Lipinski definition) is 2. The molecule has 0 aliphatic heterocycles. The molecule has 0 aromatic heterocycles. The summed E-state index contributed by atoms with van der Waals surface area (Å²) < 4.78 is 5.45. The Morgan fingerprint density at radius 1 is 1.04 bits per heavy atom. The summed E-state index contributed by atoms with van der Waals surface area (Å²) in [5, 5.41) is 0. The average Bonchev–Trinajstić information content (AvgIpc) is 2.58. The van der Waals surface area contributed by atoms with E-state index in [2.05, 4.69) is 6.92 Å². The predicted octanol–water partition coefficient (Wildman–Crippen LogP) is 4.24. The molecule has 0 N–H and O–H groups in total. The molecule has 3 heteroatoms. The molecule has 3 nitrogen and oxygen atoms in total. The maximum absolute atomic E-state index is 12.7. The van der Waals surface area contributed by atoms with Crippen molar-refractivity contribution >= 4 is 5.91 Å². The van der Waals surface area contributed by atoms with Gasteiger partial charge in [0.15, 0.2) is 0 Å². The van der Waals surface area contributed by atoms with E-state index in [9.17, 15) is 4.79 Å². The van der Waals surface area contributed by atoms with Gasteiger partial charge in [-0.1, -0.05) is 49.4 Å². The molecule has 23 heavy (non-hydrogen) atoms. The summed E-state index contributed by atoms with van der Waals surface area (Å²) in [5.41, 5.74) is 2.19. The van der Waals surface area contributed by atoms with Crippen molar-refractivity contribution in [3.63, 3.8) is 0 Å². The van der Waals surface area contributed by atoms with E-state index >= 15 is 0 Å². The third-order valence-electron chi connectivity index (χ3n) is 3.94. The van der Waals surface area contributed by atoms with Crippen LogP contribution in [0.1, 0.15) is 37.3 Å². The Bertz CT molecular complexity index is 607. The fourth-order valence-corrected chi connectivity index (χ4v) is 2.71. The fraction of sp³-hybridized carbons (Fsp3) is 0.350. The van der Waals surface area contributed by atoms with Gasteiger partial charge in [0.25, 0.3) is 0 Å². The van der Waals surface area contributed by atoms with Crippen molar-refractivity contribution in [3.05, 3.63) is 65.7 Å². The molecule has 0 bridgehead atoms. The maximum atomic E-state index is 12.7. The van der Waals surface area contributed by atoms with Gasteiger partial charge in [-0.2, -0.15) is 0 Å². The minimum absolute atomic E-state index is 0.0797. The van der Waals surface area contributed by atoms with Gasteiger partial charge in [-0.15, -0.1) is 0 Å². The average molecular weight is 311 g/mol. The van der Waals surface area contributed by atoms with Crippen molar-refractivity contribution in [3.8, 4) is 5.75 Å². The molecule has 2 aromatic carbocycles. The van der Waals surface area contributed by atoms with Gasteiger partial charge >= 0.3 is 0 Å². The van der Waals surface area contributed by atoms with E-state index in [1.165, 1.54) is 0 Å². The van der Waals surface area contributed by atoms with Crippen LogP contribution < -0.4 is 4.74 Å². The van der Waals surface area contributed by atoms with Crippen molar-refractivity contribution in [2.75, 3.05) is 13.7 Å². The van der Waals surface area contributed by atoms with Gasteiger partial charge in [0.1, 0.15) is 5.75 Å². The van der Waals surface area contributed by atoms with E-state index in [1.54, 1.807) is 4.90 Å². The second kappa shape index (κ2) is 8.37. The van der Waals surface area contributed by atoms with Crippen molar-refractivity contribution in [1.82, 2.24) is 4.90 Å². The van der Waals surface area contributed by atoms with E-state index < -0.39 is 0 Å². The lowest BCUT2D eigenvalue weighted by molar-refractivity contribution is -0.132. The van der Waals surface area contributed by atoms with Crippen LogP contribution in [0.25, 0.3) is 0 Å². The van der Waals surface area contributed by atoms with E-state index in [4.69, 9.17) is 4.74 Å². The largest absolute Gasteiger partial charge is 0.494 e. The molecular formula is C20H25NO2. The Hall–Kier alpha value is -2.29. The lowest BCUT2D eigenvalue weighted by Crippen LogP contribution is -2.31. The molecule has 0 saturated carbocycles. The highest BCUT2D eigenvalue weighted by Gasteiger charge is 2.22. The van der Waals surface area contributed by atoms with Gasteiger partial charge in [0.05, 0.1) is 12.5 Å². The minimum Gasteiger partial charge on any atom is -0.494 e. The maximum Gasteiger partial charge on any atom is 0.230 e. The fourth-order valence-electron chi connectivity index (χ4n) is 2.71. The molecule has 1 atom stereocenters. The van der Waals surface area contributed by atoms with Crippen LogP contribution >= 0.6 is 0 Å². The molecule has 2 rings (SSSR count). The standard InChI is InChI=1S/C20H25NO2/c1-4-19(17-9-7-6-8-10-17)20(22)21(3)15-16-11-13-18(14-12-16)23-5-2/h6-14,19H,4-5,15H2,1-3H3. The van der Waals surface area contributed by atoms with Gasteiger partial charge in [-0.3, -0.25) is 4.79 Å². The zero-order valence-corrected chi connectivity index (χ0v) is 14.2. The van der Waals surface area contributed by atoms with Gasteiger partial charge in [-0.25, -0.2) is 0 Å². The molecule has 0 aliphatic carbocycles. The Balaban J connectivity index is 2.03. The SMILES string of the molecule is CCOc1ccc(CN(C)C(=O)C(CC)c2ccccc2)cc1. The van der Waals surface area contributed by atoms with Crippen LogP contribution in [0.15, 0.2) is 54.6 Å². The van der Waals surface area contributed by atoms with Crippen LogP contribution in [0.2, 0.25) is 0 Å². The molecule has 0 aliphatic rings. The molecule has 0 heterocycles. The van der Waals surface area contributed by atoms with Crippen molar-refractivity contribution in [2.24, 2.45) is 0 Å². The molecule has 0 fully saturated rings. The minimum atomic E-state index is -0.0797. The number of ether oxygens (including phenoxy) is 1. The lowest BCUT2D eigenvalue weighted by Gasteiger charge is -2.23. The Kier molecular flexibility index (Phi) is 6.21. The van der Waals surface area contributed by atoms with Crippen LogP contribution in [0.4, 0.5) is 0 Å². The van der Waals surface area contributed by atoms with Crippen LogP contribution in [0.3, 0.4) is 0 Å². The Morgan fingerprint density at radius 2 is 1.70 bits per heavy atom. The molecular weight excluding hydrogens is 286 g/mol. The highest BCUT2D eigenvalue weighted by Crippen LogP contribution is 2.22. The summed E-state index contributed by atoms with van der Waals surface area (Å²) in [7, 11) is 1.87. The zero-order valence-electron chi connectivity index (χ0n) is 14.2. The summed E-state index contributed by atoms with van der Waals surface area (Å²) in [5.74, 6) is 0.942. The molecule has 1 unspecified atom stereocenters. The number of likely N-dealkylation sites (N-methyl/N-ethyl adjacent to an activating group) is 1. The predicted molar refractivity (Wildman–Crippen MR) is 93.6 cm³/mol. The third kappa shape index (κ3) is 4.59. The molecule has 1 amide bonds. The molecule has 2 aromatic rings. The third-order valence-corrected chi connectivity index (χ3v) is 3.94. The van der Waals surface area contributed by atoms with Crippen molar-refractivity contribution in [2.45, 2.75) is 32.7 Å². The normalized spacial score (nSPS) is 11.8. The molecule has 0 saturated heterocycles. The van der Waals surface area contributed by atoms with E-state index in [1.807, 2.05) is 68.6 Å². The first kappa shape index (κ1) is 17.1. The summed E-state index contributed by atoms with van der Waals surface area (Å²) in [4.78, 5) is 14.6. The highest BCUT2D eigenvalue weighted by atomic mass is 16.5. The van der Waals surface area contributed by atoms with Crippen LogP contribution in [0, 0.1) is 0 Å². The summed E-state index contributed by atoms with van der Waals surface area (Å²) in [6.45, 7) is 5.29. The van der Waals surface area contributed by atoms with Gasteiger partial charge in [0.2, 0.25) is 5.91 Å². The number of hydrogen-bond donors (Lipinski definition) is 0. The second-order valence-electron chi connectivity index (χ2n) is 5.64.